The lowest BCUT2D eigenvalue weighted by Crippen LogP contribution is -2.23. The van der Waals surface area contributed by atoms with E-state index in [-0.39, 0.29) is 11.6 Å². The Bertz CT molecular complexity index is 1060. The highest BCUT2D eigenvalue weighted by Crippen LogP contribution is 2.30. The first kappa shape index (κ1) is 16.7. The van der Waals surface area contributed by atoms with Gasteiger partial charge in [-0.2, -0.15) is 0 Å². The molecule has 1 unspecified atom stereocenters. The Balaban J connectivity index is 1.95. The van der Waals surface area contributed by atoms with Gasteiger partial charge in [-0.05, 0) is 12.1 Å². The summed E-state index contributed by atoms with van der Waals surface area (Å²) >= 11 is 0. The molecule has 2 aromatic carbocycles. The molecular weight excluding hydrogens is 340 g/mol. The third kappa shape index (κ3) is 3.08. The number of primary amides is 1. The Morgan fingerprint density at radius 1 is 0.963 bits per heavy atom. The van der Waals surface area contributed by atoms with Gasteiger partial charge in [0.1, 0.15) is 5.69 Å². The normalized spacial score (nSPS) is 15.9. The van der Waals surface area contributed by atoms with Crippen LogP contribution in [0.1, 0.15) is 33.2 Å². The molecule has 4 rings (SSSR count). The van der Waals surface area contributed by atoms with Gasteiger partial charge < -0.3 is 11.1 Å². The minimum absolute atomic E-state index is 0.0415. The van der Waals surface area contributed by atoms with E-state index in [1.54, 1.807) is 12.1 Å². The smallest absolute Gasteiger partial charge is 0.267 e. The fourth-order valence-electron chi connectivity index (χ4n) is 3.14. The number of benzodiazepines with no additional fused rings is 1. The molecule has 6 nitrogen and oxygen atoms in total. The van der Waals surface area contributed by atoms with E-state index in [2.05, 4.69) is 10.3 Å². The Morgan fingerprint density at radius 2 is 1.70 bits per heavy atom. The van der Waals surface area contributed by atoms with Gasteiger partial charge in [0.25, 0.3) is 11.8 Å². The lowest BCUT2D eigenvalue weighted by Gasteiger charge is -2.13. The van der Waals surface area contributed by atoms with Gasteiger partial charge in [0.2, 0.25) is 0 Å². The van der Waals surface area contributed by atoms with Gasteiger partial charge in [-0.25, -0.2) is 0 Å². The monoisotopic (exact) mass is 356 g/mol. The molecule has 1 aromatic heterocycles. The highest BCUT2D eigenvalue weighted by atomic mass is 16.2. The zero-order valence-electron chi connectivity index (χ0n) is 14.3. The molecule has 0 spiro atoms. The van der Waals surface area contributed by atoms with Gasteiger partial charge in [0, 0.05) is 22.9 Å². The standard InChI is InChI=1S/C21H16N4O2/c22-20(26)18-15(10-6-12-23-18)19-21(27)24-16-11-5-4-9-14(16)17(25-19)13-7-2-1-3-8-13/h1-12,19H,(H2,22,26)(H,24,27). The van der Waals surface area contributed by atoms with E-state index >= 15 is 0 Å². The van der Waals surface area contributed by atoms with E-state index in [0.717, 1.165) is 11.1 Å². The quantitative estimate of drug-likeness (QED) is 0.755. The van der Waals surface area contributed by atoms with Crippen LogP contribution in [0.5, 0.6) is 0 Å². The molecule has 2 heterocycles. The Labute approximate surface area is 155 Å². The van der Waals surface area contributed by atoms with Crippen molar-refractivity contribution >= 4 is 23.2 Å². The van der Waals surface area contributed by atoms with Gasteiger partial charge in [-0.1, -0.05) is 54.6 Å². The molecule has 0 radical (unpaired) electrons. The minimum Gasteiger partial charge on any atom is -0.364 e. The van der Waals surface area contributed by atoms with Crippen LogP contribution >= 0.6 is 0 Å². The number of carbonyl (C=O) groups is 2. The second-order valence-electron chi connectivity index (χ2n) is 6.09. The maximum Gasteiger partial charge on any atom is 0.267 e. The third-order valence-corrected chi connectivity index (χ3v) is 4.36. The molecule has 1 atom stereocenters. The number of nitrogens with one attached hydrogen (secondary N) is 1. The van der Waals surface area contributed by atoms with E-state index in [1.165, 1.54) is 6.20 Å². The van der Waals surface area contributed by atoms with Gasteiger partial charge in [0.05, 0.1) is 11.4 Å². The van der Waals surface area contributed by atoms with E-state index in [4.69, 9.17) is 10.7 Å². The van der Waals surface area contributed by atoms with Gasteiger partial charge in [0.15, 0.2) is 6.04 Å². The first-order chi connectivity index (χ1) is 13.1. The minimum atomic E-state index is -0.941. The van der Waals surface area contributed by atoms with Crippen molar-refractivity contribution in [1.82, 2.24) is 4.98 Å². The maximum atomic E-state index is 12.9. The summed E-state index contributed by atoms with van der Waals surface area (Å²) in [6.45, 7) is 0. The number of hydrogen-bond acceptors (Lipinski definition) is 4. The lowest BCUT2D eigenvalue weighted by molar-refractivity contribution is -0.117. The second-order valence-corrected chi connectivity index (χ2v) is 6.09. The molecule has 0 fully saturated rings. The molecule has 0 bridgehead atoms. The number of aromatic nitrogens is 1. The number of pyridine rings is 1. The molecule has 3 aromatic rings. The summed E-state index contributed by atoms with van der Waals surface area (Å²) in [5, 5.41) is 2.90. The van der Waals surface area contributed by atoms with Crippen LogP contribution in [0.2, 0.25) is 0 Å². The summed E-state index contributed by atoms with van der Waals surface area (Å²) in [5.41, 5.74) is 8.88. The van der Waals surface area contributed by atoms with Crippen LogP contribution < -0.4 is 11.1 Å². The number of hydrogen-bond donors (Lipinski definition) is 2. The Kier molecular flexibility index (Phi) is 4.22. The largest absolute Gasteiger partial charge is 0.364 e. The number of carbonyl (C=O) groups excluding carboxylic acids is 2. The van der Waals surface area contributed by atoms with E-state index in [9.17, 15) is 9.59 Å². The van der Waals surface area contributed by atoms with Crippen LogP contribution in [0.3, 0.4) is 0 Å². The van der Waals surface area contributed by atoms with Crippen molar-refractivity contribution < 1.29 is 9.59 Å². The molecule has 3 N–H and O–H groups in total. The average Bonchev–Trinajstić information content (AvgIpc) is 2.84. The van der Waals surface area contributed by atoms with Crippen LogP contribution in [-0.4, -0.2) is 22.5 Å². The topological polar surface area (TPSA) is 97.4 Å². The molecule has 1 aliphatic heterocycles. The average molecular weight is 356 g/mol. The van der Waals surface area contributed by atoms with Crippen LogP contribution in [0.4, 0.5) is 5.69 Å². The molecule has 2 amide bonds. The number of benzene rings is 2. The third-order valence-electron chi connectivity index (χ3n) is 4.36. The zero-order valence-corrected chi connectivity index (χ0v) is 14.3. The molecule has 1 aliphatic rings. The van der Waals surface area contributed by atoms with Crippen LogP contribution in [-0.2, 0) is 4.79 Å². The van der Waals surface area contributed by atoms with Crippen molar-refractivity contribution in [3.05, 3.63) is 95.3 Å². The summed E-state index contributed by atoms with van der Waals surface area (Å²) in [6, 6.07) is 19.4. The highest BCUT2D eigenvalue weighted by molar-refractivity contribution is 6.19. The molecule has 132 valence electrons. The number of rotatable bonds is 3. The fraction of sp³-hybridized carbons (Fsp3) is 0.0476. The molecule has 0 aliphatic carbocycles. The van der Waals surface area contributed by atoms with Crippen LogP contribution in [0, 0.1) is 0 Å². The molecule has 27 heavy (non-hydrogen) atoms. The molecular formula is C21H16N4O2. The number of para-hydroxylation sites is 1. The summed E-state index contributed by atoms with van der Waals surface area (Å²) in [6.07, 6.45) is 1.47. The molecule has 6 heteroatoms. The molecule has 0 saturated carbocycles. The van der Waals surface area contributed by atoms with Crippen molar-refractivity contribution in [2.24, 2.45) is 10.7 Å². The van der Waals surface area contributed by atoms with Crippen molar-refractivity contribution in [2.45, 2.75) is 6.04 Å². The number of nitrogens with zero attached hydrogens (tertiary/aromatic N) is 2. The van der Waals surface area contributed by atoms with Crippen molar-refractivity contribution in [3.8, 4) is 0 Å². The summed E-state index contributed by atoms with van der Waals surface area (Å²) in [5.74, 6) is -1.04. The van der Waals surface area contributed by atoms with Gasteiger partial charge in [-0.15, -0.1) is 0 Å². The molecule has 0 saturated heterocycles. The van der Waals surface area contributed by atoms with E-state index in [1.807, 2.05) is 54.6 Å². The number of anilines is 1. The number of amides is 2. The Morgan fingerprint density at radius 3 is 2.48 bits per heavy atom. The summed E-state index contributed by atoms with van der Waals surface area (Å²) < 4.78 is 0. The zero-order chi connectivity index (χ0) is 18.8. The number of aliphatic imine (C=N–C) groups is 1. The second kappa shape index (κ2) is 6.84. The number of fused-ring (bicyclic) bond motifs is 1. The predicted molar refractivity (Wildman–Crippen MR) is 103 cm³/mol. The SMILES string of the molecule is NC(=O)c1ncccc1C1N=C(c2ccccc2)c2ccccc2NC1=O. The van der Waals surface area contributed by atoms with Crippen LogP contribution in [0.25, 0.3) is 0 Å². The summed E-state index contributed by atoms with van der Waals surface area (Å²) in [7, 11) is 0. The fourth-order valence-corrected chi connectivity index (χ4v) is 3.14. The van der Waals surface area contributed by atoms with Gasteiger partial charge in [-0.3, -0.25) is 19.6 Å². The Hall–Kier alpha value is -3.80. The summed E-state index contributed by atoms with van der Waals surface area (Å²) in [4.78, 5) is 33.5. The van der Waals surface area contributed by atoms with Crippen molar-refractivity contribution in [3.63, 3.8) is 0 Å². The van der Waals surface area contributed by atoms with Crippen molar-refractivity contribution in [1.29, 1.82) is 0 Å². The van der Waals surface area contributed by atoms with E-state index in [0.29, 0.717) is 17.0 Å². The lowest BCUT2D eigenvalue weighted by atomic mass is 10.00. The predicted octanol–water partition coefficient (Wildman–Crippen LogP) is 2.71. The maximum absolute atomic E-state index is 12.9. The number of nitrogens with two attached hydrogens (primary N) is 1. The van der Waals surface area contributed by atoms with E-state index < -0.39 is 11.9 Å². The highest BCUT2D eigenvalue weighted by Gasteiger charge is 2.30. The van der Waals surface area contributed by atoms with Crippen molar-refractivity contribution in [2.75, 3.05) is 5.32 Å². The van der Waals surface area contributed by atoms with Crippen LogP contribution in [0.15, 0.2) is 77.9 Å². The first-order valence-corrected chi connectivity index (χ1v) is 8.43. The first-order valence-electron chi connectivity index (χ1n) is 8.43. The van der Waals surface area contributed by atoms with Gasteiger partial charge >= 0.3 is 0 Å².